The Morgan fingerprint density at radius 1 is 1.33 bits per heavy atom. The number of hydrogen-bond donors (Lipinski definition) is 2. The summed E-state index contributed by atoms with van der Waals surface area (Å²) in [5.41, 5.74) is 6.33. The lowest BCUT2D eigenvalue weighted by Crippen LogP contribution is -2.32. The van der Waals surface area contributed by atoms with E-state index in [0.717, 1.165) is 6.07 Å². The fourth-order valence-electron chi connectivity index (χ4n) is 1.22. The Kier molecular flexibility index (Phi) is 4.17. The second kappa shape index (κ2) is 5.19. The molecule has 1 aromatic carbocycles. The van der Waals surface area contributed by atoms with Crippen LogP contribution >= 0.6 is 0 Å². The molecule has 0 heterocycles. The van der Waals surface area contributed by atoms with Crippen LogP contribution in [0.1, 0.15) is 18.1 Å². The van der Waals surface area contributed by atoms with E-state index in [1.165, 1.54) is 6.07 Å². The van der Waals surface area contributed by atoms with Crippen molar-refractivity contribution in [3.63, 3.8) is 0 Å². The van der Waals surface area contributed by atoms with Gasteiger partial charge in [0.25, 0.3) is 0 Å². The van der Waals surface area contributed by atoms with Gasteiger partial charge in [0.15, 0.2) is 0 Å². The second-order valence-corrected chi connectivity index (χ2v) is 3.71. The van der Waals surface area contributed by atoms with Crippen LogP contribution in [-0.2, 0) is 6.54 Å². The summed E-state index contributed by atoms with van der Waals surface area (Å²) in [6.07, 6.45) is 0. The minimum absolute atomic E-state index is 0.120. The molecule has 0 fully saturated rings. The van der Waals surface area contributed by atoms with Gasteiger partial charge in [0.2, 0.25) is 0 Å². The molecule has 0 saturated carbocycles. The molecule has 3 N–H and O–H groups in total. The summed E-state index contributed by atoms with van der Waals surface area (Å²) in [5.74, 6) is -1.03. The maximum atomic E-state index is 13.3. The summed E-state index contributed by atoms with van der Waals surface area (Å²) < 4.78 is 26.2. The average molecular weight is 214 g/mol. The summed E-state index contributed by atoms with van der Waals surface area (Å²) >= 11 is 0. The maximum absolute atomic E-state index is 13.3. The molecule has 0 aliphatic carbocycles. The van der Waals surface area contributed by atoms with Gasteiger partial charge in [-0.2, -0.15) is 0 Å². The molecule has 0 spiro atoms. The zero-order valence-electron chi connectivity index (χ0n) is 8.98. The topological polar surface area (TPSA) is 38.0 Å². The molecule has 0 aromatic heterocycles. The average Bonchev–Trinajstić information content (AvgIpc) is 2.21. The highest BCUT2D eigenvalue weighted by Gasteiger charge is 2.07. The third-order valence-electron chi connectivity index (χ3n) is 2.32. The molecule has 0 unspecified atom stereocenters. The molecule has 1 atom stereocenters. The predicted octanol–water partition coefficient (Wildman–Crippen LogP) is 1.71. The number of aryl methyl sites for hydroxylation is 1. The lowest BCUT2D eigenvalue weighted by molar-refractivity contribution is 0.524. The molecule has 0 aliphatic rings. The van der Waals surface area contributed by atoms with Crippen LogP contribution in [0.25, 0.3) is 0 Å². The lowest BCUT2D eigenvalue weighted by atomic mass is 10.1. The van der Waals surface area contributed by atoms with Crippen LogP contribution in [-0.4, -0.2) is 12.6 Å². The van der Waals surface area contributed by atoms with Crippen LogP contribution in [0, 0.1) is 18.6 Å². The quantitative estimate of drug-likeness (QED) is 0.800. The van der Waals surface area contributed by atoms with E-state index in [9.17, 15) is 8.78 Å². The van der Waals surface area contributed by atoms with Crippen molar-refractivity contribution in [2.24, 2.45) is 5.73 Å². The summed E-state index contributed by atoms with van der Waals surface area (Å²) in [7, 11) is 0. The van der Waals surface area contributed by atoms with Crippen molar-refractivity contribution >= 4 is 0 Å². The minimum Gasteiger partial charge on any atom is -0.329 e. The molecule has 4 heteroatoms. The van der Waals surface area contributed by atoms with Crippen molar-refractivity contribution in [1.82, 2.24) is 5.32 Å². The van der Waals surface area contributed by atoms with E-state index in [0.29, 0.717) is 24.2 Å². The molecule has 15 heavy (non-hydrogen) atoms. The van der Waals surface area contributed by atoms with Gasteiger partial charge in [0, 0.05) is 30.8 Å². The number of benzene rings is 1. The smallest absolute Gasteiger partial charge is 0.130 e. The molecule has 2 nitrogen and oxygen atoms in total. The highest BCUT2D eigenvalue weighted by Crippen LogP contribution is 2.13. The highest BCUT2D eigenvalue weighted by atomic mass is 19.1. The van der Waals surface area contributed by atoms with Gasteiger partial charge in [-0.25, -0.2) is 8.78 Å². The summed E-state index contributed by atoms with van der Waals surface area (Å²) in [6.45, 7) is 4.38. The molecule has 1 rings (SSSR count). The molecular weight excluding hydrogens is 198 g/mol. The Morgan fingerprint density at radius 3 is 2.60 bits per heavy atom. The fraction of sp³-hybridized carbons (Fsp3) is 0.455. The van der Waals surface area contributed by atoms with Crippen LogP contribution in [0.4, 0.5) is 8.78 Å². The largest absolute Gasteiger partial charge is 0.329 e. The molecule has 0 radical (unpaired) electrons. The molecule has 0 aliphatic heterocycles. The number of rotatable bonds is 4. The van der Waals surface area contributed by atoms with E-state index in [4.69, 9.17) is 5.73 Å². The van der Waals surface area contributed by atoms with Gasteiger partial charge >= 0.3 is 0 Å². The van der Waals surface area contributed by atoms with E-state index in [-0.39, 0.29) is 6.04 Å². The van der Waals surface area contributed by atoms with Crippen LogP contribution in [0.3, 0.4) is 0 Å². The molecule has 0 bridgehead atoms. The van der Waals surface area contributed by atoms with Crippen LogP contribution in [0.5, 0.6) is 0 Å². The predicted molar refractivity (Wildman–Crippen MR) is 56.5 cm³/mol. The number of nitrogens with two attached hydrogens (primary N) is 1. The normalized spacial score (nSPS) is 12.9. The number of halogens is 2. The summed E-state index contributed by atoms with van der Waals surface area (Å²) in [4.78, 5) is 0. The Balaban J connectivity index is 2.73. The lowest BCUT2D eigenvalue weighted by Gasteiger charge is -2.12. The first-order valence-electron chi connectivity index (χ1n) is 4.92. The van der Waals surface area contributed by atoms with E-state index >= 15 is 0 Å². The van der Waals surface area contributed by atoms with Gasteiger partial charge in [-0.3, -0.25) is 0 Å². The fourth-order valence-corrected chi connectivity index (χ4v) is 1.22. The third-order valence-corrected chi connectivity index (χ3v) is 2.32. The van der Waals surface area contributed by atoms with Crippen LogP contribution in [0.15, 0.2) is 12.1 Å². The standard InChI is InChI=1S/C11H16F2N2/c1-7-3-9(6-15-8(2)5-14)11(13)4-10(7)12/h3-4,8,15H,5-6,14H2,1-2H3/t8-/m1/s1. The van der Waals surface area contributed by atoms with Crippen molar-refractivity contribution in [2.75, 3.05) is 6.54 Å². The van der Waals surface area contributed by atoms with Crippen molar-refractivity contribution in [1.29, 1.82) is 0 Å². The van der Waals surface area contributed by atoms with Crippen molar-refractivity contribution < 1.29 is 8.78 Å². The first kappa shape index (κ1) is 12.1. The van der Waals surface area contributed by atoms with Crippen molar-refractivity contribution in [3.8, 4) is 0 Å². The molecule has 84 valence electrons. The van der Waals surface area contributed by atoms with Crippen molar-refractivity contribution in [3.05, 3.63) is 34.9 Å². The molecule has 1 aromatic rings. The van der Waals surface area contributed by atoms with Gasteiger partial charge in [-0.1, -0.05) is 0 Å². The van der Waals surface area contributed by atoms with E-state index in [1.807, 2.05) is 6.92 Å². The van der Waals surface area contributed by atoms with Gasteiger partial charge in [-0.05, 0) is 25.5 Å². The maximum Gasteiger partial charge on any atom is 0.130 e. The van der Waals surface area contributed by atoms with Crippen molar-refractivity contribution in [2.45, 2.75) is 26.4 Å². The monoisotopic (exact) mass is 214 g/mol. The second-order valence-electron chi connectivity index (χ2n) is 3.71. The van der Waals surface area contributed by atoms with Gasteiger partial charge in [-0.15, -0.1) is 0 Å². The summed E-state index contributed by atoms with van der Waals surface area (Å²) in [5, 5.41) is 3.05. The van der Waals surface area contributed by atoms with Gasteiger partial charge in [0.1, 0.15) is 11.6 Å². The Morgan fingerprint density at radius 2 is 2.00 bits per heavy atom. The minimum atomic E-state index is -0.519. The first-order valence-corrected chi connectivity index (χ1v) is 4.92. The SMILES string of the molecule is Cc1cc(CN[C@H](C)CN)c(F)cc1F. The first-order chi connectivity index (χ1) is 7.04. The van der Waals surface area contributed by atoms with Crippen LogP contribution in [0.2, 0.25) is 0 Å². The summed E-state index contributed by atoms with van der Waals surface area (Å²) in [6, 6.07) is 2.55. The zero-order valence-corrected chi connectivity index (χ0v) is 8.98. The zero-order chi connectivity index (χ0) is 11.4. The van der Waals surface area contributed by atoms with Gasteiger partial charge in [0.05, 0.1) is 0 Å². The van der Waals surface area contributed by atoms with Crippen LogP contribution < -0.4 is 11.1 Å². The Bertz CT molecular complexity index is 340. The Hall–Kier alpha value is -1.00. The molecule has 0 amide bonds. The number of nitrogens with one attached hydrogen (secondary N) is 1. The van der Waals surface area contributed by atoms with E-state index < -0.39 is 11.6 Å². The molecular formula is C11H16F2N2. The molecule has 0 saturated heterocycles. The third kappa shape index (κ3) is 3.25. The van der Waals surface area contributed by atoms with E-state index in [2.05, 4.69) is 5.32 Å². The van der Waals surface area contributed by atoms with Gasteiger partial charge < -0.3 is 11.1 Å². The number of hydrogen-bond acceptors (Lipinski definition) is 2. The Labute approximate surface area is 88.5 Å². The van der Waals surface area contributed by atoms with E-state index in [1.54, 1.807) is 6.92 Å². The highest BCUT2D eigenvalue weighted by molar-refractivity contribution is 5.25.